The minimum Gasteiger partial charge on any atom is -0.370 e. The van der Waals surface area contributed by atoms with Crippen molar-refractivity contribution < 1.29 is 4.74 Å². The van der Waals surface area contributed by atoms with E-state index in [1.54, 1.807) is 11.6 Å². The van der Waals surface area contributed by atoms with E-state index in [1.165, 1.54) is 9.13 Å². The summed E-state index contributed by atoms with van der Waals surface area (Å²) >= 11 is 0. The van der Waals surface area contributed by atoms with Crippen molar-refractivity contribution in [1.82, 2.24) is 18.7 Å². The molecule has 3 heterocycles. The quantitative estimate of drug-likeness (QED) is 0.838. The molecule has 8 heteroatoms. The summed E-state index contributed by atoms with van der Waals surface area (Å²) < 4.78 is 10.1. The molecule has 1 unspecified atom stereocenters. The van der Waals surface area contributed by atoms with Crippen LogP contribution < -0.4 is 17.0 Å². The van der Waals surface area contributed by atoms with Gasteiger partial charge in [0.15, 0.2) is 11.2 Å². The second kappa shape index (κ2) is 5.69. The van der Waals surface area contributed by atoms with Crippen molar-refractivity contribution in [2.45, 2.75) is 39.0 Å². The lowest BCUT2D eigenvalue weighted by molar-refractivity contribution is 0.103. The predicted molar refractivity (Wildman–Crippen MR) is 81.9 cm³/mol. The first-order valence-electron chi connectivity index (χ1n) is 7.61. The van der Waals surface area contributed by atoms with Gasteiger partial charge in [-0.15, -0.1) is 0 Å². The summed E-state index contributed by atoms with van der Waals surface area (Å²) in [5.74, 6) is 0.705. The number of fused-ring (bicyclic) bond motifs is 1. The highest BCUT2D eigenvalue weighted by atomic mass is 16.5. The smallest absolute Gasteiger partial charge is 0.332 e. The highest BCUT2D eigenvalue weighted by Crippen LogP contribution is 2.28. The maximum Gasteiger partial charge on any atom is 0.332 e. The molecule has 0 spiro atoms. The van der Waals surface area contributed by atoms with Crippen LogP contribution in [-0.4, -0.2) is 31.8 Å². The van der Waals surface area contributed by atoms with Crippen molar-refractivity contribution in [3.8, 4) is 0 Å². The van der Waals surface area contributed by atoms with Crippen LogP contribution in [0.4, 0.5) is 0 Å². The van der Waals surface area contributed by atoms with Crippen LogP contribution in [0.25, 0.3) is 11.2 Å². The number of hydrogen-bond acceptors (Lipinski definition) is 5. The molecule has 0 aliphatic carbocycles. The van der Waals surface area contributed by atoms with Crippen LogP contribution in [0.1, 0.15) is 31.7 Å². The maximum absolute atomic E-state index is 12.6. The van der Waals surface area contributed by atoms with E-state index in [0.29, 0.717) is 30.1 Å². The third kappa shape index (κ3) is 2.10. The lowest BCUT2D eigenvalue weighted by Gasteiger charge is -2.09. The molecule has 3 rings (SSSR count). The van der Waals surface area contributed by atoms with Gasteiger partial charge in [-0.3, -0.25) is 13.9 Å². The van der Waals surface area contributed by atoms with Crippen LogP contribution in [0.15, 0.2) is 9.59 Å². The molecular formula is C14H21N5O3. The average Bonchev–Trinajstić information content (AvgIpc) is 3.12. The summed E-state index contributed by atoms with van der Waals surface area (Å²) in [5.41, 5.74) is 5.69. The fraction of sp³-hybridized carbons (Fsp3) is 0.643. The van der Waals surface area contributed by atoms with Crippen LogP contribution in [-0.2, 0) is 24.9 Å². The van der Waals surface area contributed by atoms with Gasteiger partial charge >= 0.3 is 5.69 Å². The molecular weight excluding hydrogens is 286 g/mol. The second-order valence-corrected chi connectivity index (χ2v) is 5.48. The Kier molecular flexibility index (Phi) is 3.88. The Bertz CT molecular complexity index is 810. The Labute approximate surface area is 127 Å². The van der Waals surface area contributed by atoms with Gasteiger partial charge in [0, 0.05) is 33.3 Å². The number of aromatic nitrogens is 4. The van der Waals surface area contributed by atoms with E-state index >= 15 is 0 Å². The Morgan fingerprint density at radius 2 is 2.14 bits per heavy atom. The van der Waals surface area contributed by atoms with Crippen molar-refractivity contribution in [2.24, 2.45) is 12.8 Å². The minimum absolute atomic E-state index is 0.111. The maximum atomic E-state index is 12.6. The molecule has 0 saturated carbocycles. The van der Waals surface area contributed by atoms with Gasteiger partial charge in [-0.1, -0.05) is 0 Å². The van der Waals surface area contributed by atoms with Crippen LogP contribution in [0.2, 0.25) is 0 Å². The van der Waals surface area contributed by atoms with Crippen LogP contribution >= 0.6 is 0 Å². The monoisotopic (exact) mass is 307 g/mol. The fourth-order valence-corrected chi connectivity index (χ4v) is 3.06. The summed E-state index contributed by atoms with van der Waals surface area (Å²) in [6.07, 6.45) is 1.75. The van der Waals surface area contributed by atoms with Crippen molar-refractivity contribution in [2.75, 3.05) is 13.2 Å². The van der Waals surface area contributed by atoms with Crippen molar-refractivity contribution in [1.29, 1.82) is 0 Å². The number of rotatable bonds is 4. The van der Waals surface area contributed by atoms with Gasteiger partial charge in [0.05, 0.1) is 0 Å². The Morgan fingerprint density at radius 3 is 2.73 bits per heavy atom. The van der Waals surface area contributed by atoms with Crippen molar-refractivity contribution >= 4 is 11.2 Å². The highest BCUT2D eigenvalue weighted by Gasteiger charge is 2.26. The van der Waals surface area contributed by atoms with Crippen LogP contribution in [0.3, 0.4) is 0 Å². The number of nitrogens with zero attached hydrogens (tertiary/aromatic N) is 4. The van der Waals surface area contributed by atoms with E-state index < -0.39 is 0 Å². The van der Waals surface area contributed by atoms with Crippen LogP contribution in [0.5, 0.6) is 0 Å². The third-order valence-electron chi connectivity index (χ3n) is 4.16. The first kappa shape index (κ1) is 15.0. The normalized spacial score (nSPS) is 18.4. The van der Waals surface area contributed by atoms with E-state index in [4.69, 9.17) is 10.5 Å². The number of nitrogens with two attached hydrogens (primary N) is 1. The molecule has 2 aromatic heterocycles. The van der Waals surface area contributed by atoms with E-state index in [2.05, 4.69) is 4.98 Å². The molecule has 0 amide bonds. The molecule has 22 heavy (non-hydrogen) atoms. The highest BCUT2D eigenvalue weighted by molar-refractivity contribution is 5.71. The summed E-state index contributed by atoms with van der Waals surface area (Å²) in [6.45, 7) is 3.45. The van der Waals surface area contributed by atoms with E-state index in [1.807, 2.05) is 6.92 Å². The zero-order valence-corrected chi connectivity index (χ0v) is 12.9. The SMILES string of the molecule is CCn1c(=O)n(CCN)c(=O)c2c1nc(C1CCCO1)n2C. The largest absolute Gasteiger partial charge is 0.370 e. The second-order valence-electron chi connectivity index (χ2n) is 5.48. The van der Waals surface area contributed by atoms with Crippen molar-refractivity contribution in [3.63, 3.8) is 0 Å². The van der Waals surface area contributed by atoms with Gasteiger partial charge in [0.25, 0.3) is 5.56 Å². The molecule has 0 radical (unpaired) electrons. The first-order chi connectivity index (χ1) is 10.6. The zero-order valence-electron chi connectivity index (χ0n) is 12.9. The summed E-state index contributed by atoms with van der Waals surface area (Å²) in [6, 6.07) is 0. The lowest BCUT2D eigenvalue weighted by Crippen LogP contribution is -2.41. The van der Waals surface area contributed by atoms with Gasteiger partial charge in [-0.25, -0.2) is 9.78 Å². The Balaban J connectivity index is 2.33. The molecule has 120 valence electrons. The van der Waals surface area contributed by atoms with Gasteiger partial charge in [-0.05, 0) is 19.8 Å². The molecule has 1 atom stereocenters. The van der Waals surface area contributed by atoms with Gasteiger partial charge in [0.1, 0.15) is 11.9 Å². The van der Waals surface area contributed by atoms with E-state index in [-0.39, 0.29) is 30.4 Å². The first-order valence-corrected chi connectivity index (χ1v) is 7.61. The molecule has 2 N–H and O–H groups in total. The number of imidazole rings is 1. The van der Waals surface area contributed by atoms with Gasteiger partial charge < -0.3 is 15.0 Å². The fourth-order valence-electron chi connectivity index (χ4n) is 3.06. The molecule has 1 aliphatic rings. The third-order valence-corrected chi connectivity index (χ3v) is 4.16. The summed E-state index contributed by atoms with van der Waals surface area (Å²) in [7, 11) is 1.80. The Hall–Kier alpha value is -1.93. The average molecular weight is 307 g/mol. The minimum atomic E-state index is -0.359. The van der Waals surface area contributed by atoms with Crippen LogP contribution in [0, 0.1) is 0 Å². The predicted octanol–water partition coefficient (Wildman–Crippen LogP) is -0.273. The molecule has 2 aromatic rings. The Morgan fingerprint density at radius 1 is 1.36 bits per heavy atom. The molecule has 1 fully saturated rings. The number of ether oxygens (including phenoxy) is 1. The molecule has 8 nitrogen and oxygen atoms in total. The zero-order chi connectivity index (χ0) is 15.9. The lowest BCUT2D eigenvalue weighted by atomic mass is 10.2. The summed E-state index contributed by atoms with van der Waals surface area (Å²) in [5, 5.41) is 0. The van der Waals surface area contributed by atoms with E-state index in [9.17, 15) is 9.59 Å². The van der Waals surface area contributed by atoms with Crippen molar-refractivity contribution in [3.05, 3.63) is 26.7 Å². The summed E-state index contributed by atoms with van der Waals surface area (Å²) in [4.78, 5) is 29.6. The molecule has 0 bridgehead atoms. The standard InChI is InChI=1S/C14H21N5O3/c1-3-18-12-10(13(20)19(7-6-15)14(18)21)17(2)11(16-12)9-5-4-8-22-9/h9H,3-8,15H2,1-2H3. The van der Waals surface area contributed by atoms with Gasteiger partial charge in [0.2, 0.25) is 0 Å². The molecule has 1 saturated heterocycles. The molecule has 1 aliphatic heterocycles. The molecule has 0 aromatic carbocycles. The topological polar surface area (TPSA) is 97.1 Å². The number of aryl methyl sites for hydroxylation is 2. The number of hydrogen-bond donors (Lipinski definition) is 1. The van der Waals surface area contributed by atoms with E-state index in [0.717, 1.165) is 12.8 Å². The van der Waals surface area contributed by atoms with Gasteiger partial charge in [-0.2, -0.15) is 0 Å².